The minimum atomic E-state index is -0.0851. The number of carbonyl (C=O) groups is 1. The Morgan fingerprint density at radius 1 is 1.24 bits per heavy atom. The van der Waals surface area contributed by atoms with Crippen LogP contribution in [0.1, 0.15) is 53.8 Å². The fraction of sp³-hybridized carbons (Fsp3) is 0.545. The van der Waals surface area contributed by atoms with Crippen molar-refractivity contribution in [3.05, 3.63) is 45.7 Å². The molecular weight excluding hydrogens is 434 g/mol. The maximum Gasteiger partial charge on any atom is 0.272 e. The van der Waals surface area contributed by atoms with E-state index in [1.165, 1.54) is 5.69 Å². The molecule has 4 rings (SSSR count). The van der Waals surface area contributed by atoms with Crippen LogP contribution in [0, 0.1) is 0 Å². The number of nitrogens with one attached hydrogen (secondary N) is 1. The molecule has 1 aromatic carbocycles. The Labute approximate surface area is 180 Å². The molecule has 0 bridgehead atoms. The summed E-state index contributed by atoms with van der Waals surface area (Å²) in [6.45, 7) is 2.72. The SMILES string of the molecule is O=C(NCCCOCC1CCCO1)c1nn(-c2ccc(Br)cc2)c2c1CCCC2. The van der Waals surface area contributed by atoms with Crippen molar-refractivity contribution in [3.63, 3.8) is 0 Å². The van der Waals surface area contributed by atoms with Crippen LogP contribution in [-0.4, -0.2) is 48.2 Å². The summed E-state index contributed by atoms with van der Waals surface area (Å²) in [7, 11) is 0. The van der Waals surface area contributed by atoms with E-state index >= 15 is 0 Å². The fourth-order valence-electron chi connectivity index (χ4n) is 4.03. The van der Waals surface area contributed by atoms with E-state index in [0.717, 1.165) is 67.3 Å². The molecule has 1 N–H and O–H groups in total. The van der Waals surface area contributed by atoms with Gasteiger partial charge in [-0.2, -0.15) is 5.10 Å². The molecule has 1 amide bonds. The van der Waals surface area contributed by atoms with Crippen molar-refractivity contribution in [1.29, 1.82) is 0 Å². The van der Waals surface area contributed by atoms with Crippen LogP contribution < -0.4 is 5.32 Å². The lowest BCUT2D eigenvalue weighted by molar-refractivity contribution is 0.0166. The first kappa shape index (κ1) is 20.6. The zero-order valence-electron chi connectivity index (χ0n) is 16.7. The zero-order valence-corrected chi connectivity index (χ0v) is 18.2. The maximum absolute atomic E-state index is 12.8. The number of ether oxygens (including phenoxy) is 2. The Kier molecular flexibility index (Phi) is 7.00. The van der Waals surface area contributed by atoms with Gasteiger partial charge in [0.05, 0.1) is 18.4 Å². The summed E-state index contributed by atoms with van der Waals surface area (Å²) in [5.41, 5.74) is 3.84. The molecule has 29 heavy (non-hydrogen) atoms. The highest BCUT2D eigenvalue weighted by atomic mass is 79.9. The number of carbonyl (C=O) groups excluding carboxylic acids is 1. The summed E-state index contributed by atoms with van der Waals surface area (Å²) in [5, 5.41) is 7.72. The average Bonchev–Trinajstić information content (AvgIpc) is 3.39. The van der Waals surface area contributed by atoms with Gasteiger partial charge in [-0.05, 0) is 69.2 Å². The van der Waals surface area contributed by atoms with E-state index in [-0.39, 0.29) is 12.0 Å². The Morgan fingerprint density at radius 3 is 2.86 bits per heavy atom. The molecule has 1 aliphatic heterocycles. The second-order valence-corrected chi connectivity index (χ2v) is 8.60. The number of halogens is 1. The van der Waals surface area contributed by atoms with Gasteiger partial charge in [0, 0.05) is 35.5 Å². The number of amides is 1. The number of fused-ring (bicyclic) bond motifs is 1. The molecule has 156 valence electrons. The van der Waals surface area contributed by atoms with Crippen molar-refractivity contribution in [3.8, 4) is 5.69 Å². The van der Waals surface area contributed by atoms with Crippen molar-refractivity contribution in [1.82, 2.24) is 15.1 Å². The Morgan fingerprint density at radius 2 is 2.07 bits per heavy atom. The molecule has 1 saturated heterocycles. The second kappa shape index (κ2) is 9.87. The smallest absolute Gasteiger partial charge is 0.272 e. The molecule has 1 aromatic heterocycles. The molecule has 2 heterocycles. The van der Waals surface area contributed by atoms with E-state index in [4.69, 9.17) is 14.6 Å². The molecule has 1 atom stereocenters. The second-order valence-electron chi connectivity index (χ2n) is 7.69. The summed E-state index contributed by atoms with van der Waals surface area (Å²) in [5.74, 6) is -0.0851. The molecule has 1 aliphatic carbocycles. The minimum Gasteiger partial charge on any atom is -0.379 e. The molecule has 0 spiro atoms. The highest BCUT2D eigenvalue weighted by Gasteiger charge is 2.25. The summed E-state index contributed by atoms with van der Waals surface area (Å²) >= 11 is 3.48. The third kappa shape index (κ3) is 5.08. The standard InChI is InChI=1S/C22H28BrN3O3/c23-16-8-10-17(11-9-16)26-20-7-2-1-6-19(20)21(25-26)22(27)24-12-4-13-28-15-18-5-3-14-29-18/h8-11,18H,1-7,12-15H2,(H,24,27). The topological polar surface area (TPSA) is 65.4 Å². The molecule has 2 aliphatic rings. The summed E-state index contributed by atoms with van der Waals surface area (Å²) < 4.78 is 14.2. The molecular formula is C22H28BrN3O3. The van der Waals surface area contributed by atoms with Crippen LogP contribution in [0.5, 0.6) is 0 Å². The molecule has 7 heteroatoms. The number of rotatable bonds is 8. The van der Waals surface area contributed by atoms with Gasteiger partial charge in [-0.1, -0.05) is 15.9 Å². The Balaban J connectivity index is 1.34. The largest absolute Gasteiger partial charge is 0.379 e. The first-order valence-electron chi connectivity index (χ1n) is 10.6. The Hall–Kier alpha value is -1.70. The molecule has 0 radical (unpaired) electrons. The summed E-state index contributed by atoms with van der Waals surface area (Å²) in [4.78, 5) is 12.8. The third-order valence-electron chi connectivity index (χ3n) is 5.55. The van der Waals surface area contributed by atoms with E-state index in [1.807, 2.05) is 28.9 Å². The zero-order chi connectivity index (χ0) is 20.1. The summed E-state index contributed by atoms with van der Waals surface area (Å²) in [6, 6.07) is 8.06. The van der Waals surface area contributed by atoms with Gasteiger partial charge in [0.25, 0.3) is 5.91 Å². The van der Waals surface area contributed by atoms with Gasteiger partial charge in [-0.25, -0.2) is 4.68 Å². The summed E-state index contributed by atoms with van der Waals surface area (Å²) in [6.07, 6.45) is 7.37. The van der Waals surface area contributed by atoms with Gasteiger partial charge in [-0.15, -0.1) is 0 Å². The molecule has 1 unspecified atom stereocenters. The van der Waals surface area contributed by atoms with Gasteiger partial charge in [-0.3, -0.25) is 4.79 Å². The van der Waals surface area contributed by atoms with Crippen LogP contribution >= 0.6 is 15.9 Å². The van der Waals surface area contributed by atoms with E-state index in [2.05, 4.69) is 21.2 Å². The number of aromatic nitrogens is 2. The van der Waals surface area contributed by atoms with Crippen molar-refractivity contribution >= 4 is 21.8 Å². The van der Waals surface area contributed by atoms with Crippen LogP contribution in [0.2, 0.25) is 0 Å². The molecule has 6 nitrogen and oxygen atoms in total. The van der Waals surface area contributed by atoms with Crippen molar-refractivity contribution in [2.45, 2.75) is 51.0 Å². The quantitative estimate of drug-likeness (QED) is 0.606. The lowest BCUT2D eigenvalue weighted by atomic mass is 9.95. The number of benzene rings is 1. The maximum atomic E-state index is 12.8. The lowest BCUT2D eigenvalue weighted by Crippen LogP contribution is -2.27. The van der Waals surface area contributed by atoms with Crippen LogP contribution in [0.15, 0.2) is 28.7 Å². The Bertz CT molecular complexity index is 829. The lowest BCUT2D eigenvalue weighted by Gasteiger charge is -2.14. The molecule has 2 aromatic rings. The normalized spacial score (nSPS) is 18.6. The van der Waals surface area contributed by atoms with Crippen LogP contribution in [-0.2, 0) is 22.3 Å². The van der Waals surface area contributed by atoms with Crippen LogP contribution in [0.25, 0.3) is 5.69 Å². The van der Waals surface area contributed by atoms with Crippen molar-refractivity contribution < 1.29 is 14.3 Å². The van der Waals surface area contributed by atoms with Crippen molar-refractivity contribution in [2.75, 3.05) is 26.4 Å². The first-order valence-corrected chi connectivity index (χ1v) is 11.4. The van der Waals surface area contributed by atoms with Crippen LogP contribution in [0.4, 0.5) is 0 Å². The minimum absolute atomic E-state index is 0.0851. The predicted octanol–water partition coefficient (Wildman–Crippen LogP) is 3.83. The van der Waals surface area contributed by atoms with Gasteiger partial charge in [0.2, 0.25) is 0 Å². The number of hydrogen-bond donors (Lipinski definition) is 1. The van der Waals surface area contributed by atoms with E-state index in [0.29, 0.717) is 25.5 Å². The molecule has 0 saturated carbocycles. The van der Waals surface area contributed by atoms with Gasteiger partial charge < -0.3 is 14.8 Å². The fourth-order valence-corrected chi connectivity index (χ4v) is 4.29. The van der Waals surface area contributed by atoms with Crippen LogP contribution in [0.3, 0.4) is 0 Å². The van der Waals surface area contributed by atoms with Crippen molar-refractivity contribution in [2.24, 2.45) is 0 Å². The molecule has 1 fully saturated rings. The highest BCUT2D eigenvalue weighted by Crippen LogP contribution is 2.27. The van der Waals surface area contributed by atoms with Gasteiger partial charge in [0.15, 0.2) is 5.69 Å². The van der Waals surface area contributed by atoms with E-state index in [1.54, 1.807) is 0 Å². The van der Waals surface area contributed by atoms with E-state index in [9.17, 15) is 4.79 Å². The van der Waals surface area contributed by atoms with Gasteiger partial charge >= 0.3 is 0 Å². The number of nitrogens with zero attached hydrogens (tertiary/aromatic N) is 2. The monoisotopic (exact) mass is 461 g/mol. The average molecular weight is 462 g/mol. The first-order chi connectivity index (χ1) is 14.2. The predicted molar refractivity (Wildman–Crippen MR) is 115 cm³/mol. The van der Waals surface area contributed by atoms with E-state index < -0.39 is 0 Å². The van der Waals surface area contributed by atoms with Gasteiger partial charge in [0.1, 0.15) is 0 Å². The highest BCUT2D eigenvalue weighted by molar-refractivity contribution is 9.10. The number of hydrogen-bond acceptors (Lipinski definition) is 4. The third-order valence-corrected chi connectivity index (χ3v) is 6.07.